The quantitative estimate of drug-likeness (QED) is 0.536. The zero-order valence-corrected chi connectivity index (χ0v) is 9.28. The van der Waals surface area contributed by atoms with Crippen LogP contribution in [0.25, 0.3) is 0 Å². The maximum Gasteiger partial charge on any atom is 0.394 e. The number of ether oxygens (including phenoxy) is 1. The Morgan fingerprint density at radius 1 is 1.47 bits per heavy atom. The largest absolute Gasteiger partial charge is 0.459 e. The number of aromatic nitrogens is 1. The molecule has 0 aromatic carbocycles. The molecule has 0 saturated heterocycles. The summed E-state index contributed by atoms with van der Waals surface area (Å²) >= 11 is 0. The molecular formula is C11H17NO3. The number of rotatable bonds is 6. The van der Waals surface area contributed by atoms with Crippen molar-refractivity contribution in [3.63, 3.8) is 0 Å². The smallest absolute Gasteiger partial charge is 0.394 e. The van der Waals surface area contributed by atoms with Crippen LogP contribution in [0.3, 0.4) is 0 Å². The van der Waals surface area contributed by atoms with Crippen LogP contribution in [-0.2, 0) is 11.2 Å². The van der Waals surface area contributed by atoms with Crippen molar-refractivity contribution in [3.05, 3.63) is 17.8 Å². The van der Waals surface area contributed by atoms with Crippen LogP contribution < -0.4 is 0 Å². The van der Waals surface area contributed by atoms with E-state index in [0.29, 0.717) is 6.61 Å². The molecule has 84 valence electrons. The van der Waals surface area contributed by atoms with Gasteiger partial charge in [0.2, 0.25) is 0 Å². The molecule has 1 aromatic rings. The highest BCUT2D eigenvalue weighted by molar-refractivity contribution is 5.84. The normalized spacial score (nSPS) is 10.3. The van der Waals surface area contributed by atoms with Gasteiger partial charge in [0.05, 0.1) is 12.8 Å². The third-order valence-corrected chi connectivity index (χ3v) is 2.03. The van der Waals surface area contributed by atoms with Gasteiger partial charge in [-0.1, -0.05) is 19.8 Å². The van der Waals surface area contributed by atoms with E-state index in [9.17, 15) is 4.79 Å². The van der Waals surface area contributed by atoms with Crippen LogP contribution in [0.5, 0.6) is 0 Å². The first kappa shape index (κ1) is 11.8. The van der Waals surface area contributed by atoms with E-state index in [1.54, 1.807) is 13.1 Å². The maximum absolute atomic E-state index is 11.2. The summed E-state index contributed by atoms with van der Waals surface area (Å²) < 4.78 is 10.0. The molecule has 0 amide bonds. The Morgan fingerprint density at radius 3 is 2.93 bits per heavy atom. The molecule has 4 nitrogen and oxygen atoms in total. The average molecular weight is 211 g/mol. The number of nitrogens with zero attached hydrogens (tertiary/aromatic N) is 1. The molecule has 0 aliphatic rings. The Kier molecular flexibility index (Phi) is 4.87. The van der Waals surface area contributed by atoms with Crippen LogP contribution in [0.1, 0.15) is 49.6 Å². The molecule has 0 aliphatic heterocycles. The Bertz CT molecular complexity index is 307. The first-order valence-electron chi connectivity index (χ1n) is 5.39. The number of hydrogen-bond acceptors (Lipinski definition) is 4. The Balaban J connectivity index is 2.45. The molecule has 4 heteroatoms. The van der Waals surface area contributed by atoms with Gasteiger partial charge in [0.1, 0.15) is 5.76 Å². The second-order valence-electron chi connectivity index (χ2n) is 3.31. The number of hydrogen-bond donors (Lipinski definition) is 0. The summed E-state index contributed by atoms with van der Waals surface area (Å²) in [4.78, 5) is 15.1. The van der Waals surface area contributed by atoms with Gasteiger partial charge in [0, 0.05) is 6.42 Å². The van der Waals surface area contributed by atoms with E-state index in [-0.39, 0.29) is 5.89 Å². The third-order valence-electron chi connectivity index (χ3n) is 2.03. The Morgan fingerprint density at radius 2 is 2.27 bits per heavy atom. The van der Waals surface area contributed by atoms with E-state index < -0.39 is 5.97 Å². The lowest BCUT2D eigenvalue weighted by Gasteiger charge is -1.96. The van der Waals surface area contributed by atoms with Crippen molar-refractivity contribution < 1.29 is 13.9 Å². The summed E-state index contributed by atoms with van der Waals surface area (Å²) in [7, 11) is 0. The van der Waals surface area contributed by atoms with Crippen molar-refractivity contribution in [2.75, 3.05) is 6.61 Å². The Labute approximate surface area is 89.6 Å². The van der Waals surface area contributed by atoms with Gasteiger partial charge in [-0.05, 0) is 13.3 Å². The summed E-state index contributed by atoms with van der Waals surface area (Å²) in [6.07, 6.45) is 5.82. The monoisotopic (exact) mass is 211 g/mol. The molecule has 0 N–H and O–H groups in total. The second-order valence-corrected chi connectivity index (χ2v) is 3.31. The maximum atomic E-state index is 11.2. The van der Waals surface area contributed by atoms with Crippen LogP contribution in [0, 0.1) is 0 Å². The summed E-state index contributed by atoms with van der Waals surface area (Å²) in [6.45, 7) is 4.24. The highest BCUT2D eigenvalue weighted by atomic mass is 16.5. The zero-order chi connectivity index (χ0) is 11.1. The molecule has 0 spiro atoms. The second kappa shape index (κ2) is 6.22. The number of unbranched alkanes of at least 4 members (excludes halogenated alkanes) is 2. The molecule has 15 heavy (non-hydrogen) atoms. The molecule has 1 heterocycles. The number of oxazole rings is 1. The lowest BCUT2D eigenvalue weighted by molar-refractivity contribution is 0.0479. The van der Waals surface area contributed by atoms with Crippen LogP contribution in [0.2, 0.25) is 0 Å². The lowest BCUT2D eigenvalue weighted by Crippen LogP contribution is -2.04. The molecule has 0 bridgehead atoms. The fourth-order valence-electron chi connectivity index (χ4n) is 1.26. The summed E-state index contributed by atoms with van der Waals surface area (Å²) in [6, 6.07) is 0. The Hall–Kier alpha value is -1.32. The molecule has 0 fully saturated rings. The first-order chi connectivity index (χ1) is 7.27. The van der Waals surface area contributed by atoms with E-state index in [4.69, 9.17) is 9.15 Å². The summed E-state index contributed by atoms with van der Waals surface area (Å²) in [5, 5.41) is 0. The molecule has 0 atom stereocenters. The fraction of sp³-hybridized carbons (Fsp3) is 0.636. The van der Waals surface area contributed by atoms with Gasteiger partial charge in [-0.15, -0.1) is 0 Å². The van der Waals surface area contributed by atoms with E-state index >= 15 is 0 Å². The summed E-state index contributed by atoms with van der Waals surface area (Å²) in [5.74, 6) is 0.328. The van der Waals surface area contributed by atoms with Gasteiger partial charge in [-0.25, -0.2) is 9.78 Å². The predicted octanol–water partition coefficient (Wildman–Crippen LogP) is 2.58. The van der Waals surface area contributed by atoms with Gasteiger partial charge < -0.3 is 9.15 Å². The molecule has 0 unspecified atom stereocenters. The minimum atomic E-state index is -0.487. The SMILES string of the molecule is CCCCCc1cnc(C(=O)OCC)o1. The molecular weight excluding hydrogens is 194 g/mol. The minimum absolute atomic E-state index is 0.0587. The topological polar surface area (TPSA) is 52.3 Å². The van der Waals surface area contributed by atoms with Gasteiger partial charge in [0.15, 0.2) is 0 Å². The van der Waals surface area contributed by atoms with Crippen molar-refractivity contribution in [1.82, 2.24) is 4.98 Å². The van der Waals surface area contributed by atoms with Gasteiger partial charge >= 0.3 is 11.9 Å². The molecule has 0 radical (unpaired) electrons. The fourth-order valence-corrected chi connectivity index (χ4v) is 1.26. The van der Waals surface area contributed by atoms with Crippen molar-refractivity contribution in [2.45, 2.75) is 39.5 Å². The van der Waals surface area contributed by atoms with E-state index in [1.165, 1.54) is 6.42 Å². The number of carbonyl (C=O) groups is 1. The molecule has 0 saturated carbocycles. The van der Waals surface area contributed by atoms with Crippen molar-refractivity contribution in [2.24, 2.45) is 0 Å². The van der Waals surface area contributed by atoms with Gasteiger partial charge in [-0.3, -0.25) is 0 Å². The number of aryl methyl sites for hydroxylation is 1. The minimum Gasteiger partial charge on any atom is -0.459 e. The zero-order valence-electron chi connectivity index (χ0n) is 9.28. The van der Waals surface area contributed by atoms with Crippen LogP contribution >= 0.6 is 0 Å². The van der Waals surface area contributed by atoms with E-state index in [1.807, 2.05) is 0 Å². The van der Waals surface area contributed by atoms with Crippen molar-refractivity contribution in [3.8, 4) is 0 Å². The van der Waals surface area contributed by atoms with Crippen molar-refractivity contribution >= 4 is 5.97 Å². The van der Waals surface area contributed by atoms with E-state index in [0.717, 1.165) is 25.0 Å². The van der Waals surface area contributed by atoms with E-state index in [2.05, 4.69) is 11.9 Å². The molecule has 1 rings (SSSR count). The first-order valence-corrected chi connectivity index (χ1v) is 5.39. The molecule has 0 aliphatic carbocycles. The molecule has 1 aromatic heterocycles. The van der Waals surface area contributed by atoms with Crippen LogP contribution in [-0.4, -0.2) is 17.6 Å². The standard InChI is InChI=1S/C11H17NO3/c1-3-5-6-7-9-8-12-10(15-9)11(13)14-4-2/h8H,3-7H2,1-2H3. The summed E-state index contributed by atoms with van der Waals surface area (Å²) in [5.41, 5.74) is 0. The average Bonchev–Trinajstić information content (AvgIpc) is 2.67. The van der Waals surface area contributed by atoms with Crippen LogP contribution in [0.15, 0.2) is 10.6 Å². The predicted molar refractivity (Wildman–Crippen MR) is 55.7 cm³/mol. The number of carbonyl (C=O) groups excluding carboxylic acids is 1. The van der Waals surface area contributed by atoms with Gasteiger partial charge in [0.25, 0.3) is 0 Å². The third kappa shape index (κ3) is 3.73. The highest BCUT2D eigenvalue weighted by Gasteiger charge is 2.13. The highest BCUT2D eigenvalue weighted by Crippen LogP contribution is 2.09. The number of esters is 1. The van der Waals surface area contributed by atoms with Crippen molar-refractivity contribution in [1.29, 1.82) is 0 Å². The van der Waals surface area contributed by atoms with Crippen LogP contribution in [0.4, 0.5) is 0 Å². The lowest BCUT2D eigenvalue weighted by atomic mass is 10.2. The van der Waals surface area contributed by atoms with Gasteiger partial charge in [-0.2, -0.15) is 0 Å².